The normalized spacial score (nSPS) is 21.2. The van der Waals surface area contributed by atoms with Crippen molar-refractivity contribution in [2.24, 2.45) is 0 Å². The molecule has 1 saturated heterocycles. The van der Waals surface area contributed by atoms with Gasteiger partial charge in [0.25, 0.3) is 0 Å². The summed E-state index contributed by atoms with van der Waals surface area (Å²) in [7, 11) is 2.15. The van der Waals surface area contributed by atoms with E-state index in [9.17, 15) is 4.79 Å². The van der Waals surface area contributed by atoms with Crippen LogP contribution in [0.15, 0.2) is 54.6 Å². The zero-order chi connectivity index (χ0) is 16.9. The molecule has 2 aromatic rings. The van der Waals surface area contributed by atoms with Crippen molar-refractivity contribution in [3.8, 4) is 11.5 Å². The van der Waals surface area contributed by atoms with E-state index in [-0.39, 0.29) is 12.1 Å². The quantitative estimate of drug-likeness (QED) is 0.637. The van der Waals surface area contributed by atoms with Gasteiger partial charge < -0.3 is 14.4 Å². The topological polar surface area (TPSA) is 38.8 Å². The third-order valence-corrected chi connectivity index (χ3v) is 4.35. The molecule has 0 spiro atoms. The van der Waals surface area contributed by atoms with E-state index in [0.29, 0.717) is 11.7 Å². The van der Waals surface area contributed by atoms with Gasteiger partial charge in [-0.2, -0.15) is 0 Å². The van der Waals surface area contributed by atoms with Gasteiger partial charge in [-0.25, -0.2) is 0 Å². The molecule has 2 aromatic carbocycles. The Labute approximate surface area is 143 Å². The van der Waals surface area contributed by atoms with Gasteiger partial charge in [-0.05, 0) is 43.3 Å². The third-order valence-electron chi connectivity index (χ3n) is 4.35. The van der Waals surface area contributed by atoms with Gasteiger partial charge >= 0.3 is 5.97 Å². The highest BCUT2D eigenvalue weighted by atomic mass is 16.5. The maximum Gasteiger partial charge on any atom is 0.308 e. The Kier molecular flexibility index (Phi) is 5.16. The molecule has 0 amide bonds. The maximum absolute atomic E-state index is 11.0. The number of hydrogen-bond acceptors (Lipinski definition) is 4. The summed E-state index contributed by atoms with van der Waals surface area (Å²) in [5.41, 5.74) is 1.31. The average Bonchev–Trinajstić information content (AvgIpc) is 2.58. The van der Waals surface area contributed by atoms with E-state index in [1.807, 2.05) is 18.2 Å². The molecule has 0 saturated carbocycles. The summed E-state index contributed by atoms with van der Waals surface area (Å²) in [4.78, 5) is 13.3. The number of carbonyl (C=O) groups excluding carboxylic acids is 1. The van der Waals surface area contributed by atoms with Crippen molar-refractivity contribution in [1.82, 2.24) is 4.90 Å². The molecule has 0 N–H and O–H groups in total. The lowest BCUT2D eigenvalue weighted by Crippen LogP contribution is -2.42. The Morgan fingerprint density at radius 1 is 1.04 bits per heavy atom. The lowest BCUT2D eigenvalue weighted by molar-refractivity contribution is -0.131. The van der Waals surface area contributed by atoms with Crippen LogP contribution >= 0.6 is 0 Å². The van der Waals surface area contributed by atoms with E-state index in [4.69, 9.17) is 9.47 Å². The van der Waals surface area contributed by atoms with Crippen LogP contribution in [0.3, 0.4) is 0 Å². The predicted octanol–water partition coefficient (Wildman–Crippen LogP) is 3.48. The molecule has 1 aliphatic rings. The SMILES string of the molecule is CC(=O)Oc1ccc(O[C@@H]2CCN(C)C[C@H]2c2ccccc2)cc1. The predicted molar refractivity (Wildman–Crippen MR) is 93.5 cm³/mol. The van der Waals surface area contributed by atoms with Gasteiger partial charge in [0.2, 0.25) is 0 Å². The first-order valence-corrected chi connectivity index (χ1v) is 8.30. The van der Waals surface area contributed by atoms with Crippen LogP contribution in [0.4, 0.5) is 0 Å². The summed E-state index contributed by atoms with van der Waals surface area (Å²) in [6.45, 7) is 3.41. The molecule has 24 heavy (non-hydrogen) atoms. The number of esters is 1. The van der Waals surface area contributed by atoms with Gasteiger partial charge in [0.05, 0.1) is 0 Å². The molecule has 0 aliphatic carbocycles. The average molecular weight is 325 g/mol. The van der Waals surface area contributed by atoms with Crippen LogP contribution in [0.5, 0.6) is 11.5 Å². The third kappa shape index (κ3) is 4.15. The number of likely N-dealkylation sites (tertiary alicyclic amines) is 1. The molecule has 0 bridgehead atoms. The van der Waals surface area contributed by atoms with Crippen LogP contribution in [0.2, 0.25) is 0 Å². The zero-order valence-electron chi connectivity index (χ0n) is 14.1. The summed E-state index contributed by atoms with van der Waals surface area (Å²) >= 11 is 0. The van der Waals surface area contributed by atoms with Crippen molar-refractivity contribution >= 4 is 5.97 Å². The highest BCUT2D eigenvalue weighted by Crippen LogP contribution is 2.31. The lowest BCUT2D eigenvalue weighted by Gasteiger charge is -2.37. The lowest BCUT2D eigenvalue weighted by atomic mass is 9.88. The van der Waals surface area contributed by atoms with Crippen molar-refractivity contribution in [3.63, 3.8) is 0 Å². The molecule has 2 atom stereocenters. The minimum atomic E-state index is -0.317. The number of carbonyl (C=O) groups is 1. The molecule has 3 rings (SSSR count). The standard InChI is InChI=1S/C20H23NO3/c1-15(22)23-17-8-10-18(11-9-17)24-20-12-13-21(2)14-19(20)16-6-4-3-5-7-16/h3-11,19-20H,12-14H2,1-2H3/t19-,20+/m0/s1. The first-order chi connectivity index (χ1) is 11.6. The summed E-state index contributed by atoms with van der Waals surface area (Å²) in [5, 5.41) is 0. The molecule has 1 heterocycles. The van der Waals surface area contributed by atoms with Crippen LogP contribution in [-0.2, 0) is 4.79 Å². The second-order valence-corrected chi connectivity index (χ2v) is 6.29. The van der Waals surface area contributed by atoms with Crippen molar-refractivity contribution in [1.29, 1.82) is 0 Å². The fourth-order valence-electron chi connectivity index (χ4n) is 3.18. The van der Waals surface area contributed by atoms with Crippen LogP contribution < -0.4 is 9.47 Å². The number of likely N-dealkylation sites (N-methyl/N-ethyl adjacent to an activating group) is 1. The van der Waals surface area contributed by atoms with Crippen LogP contribution in [0.25, 0.3) is 0 Å². The molecule has 1 fully saturated rings. The molecule has 1 aliphatic heterocycles. The highest BCUT2D eigenvalue weighted by molar-refractivity contribution is 5.69. The van der Waals surface area contributed by atoms with Crippen molar-refractivity contribution in [2.75, 3.05) is 20.1 Å². The van der Waals surface area contributed by atoms with E-state index >= 15 is 0 Å². The number of rotatable bonds is 4. The Balaban J connectivity index is 1.73. The van der Waals surface area contributed by atoms with E-state index in [2.05, 4.69) is 36.2 Å². The molecule has 126 valence electrons. The van der Waals surface area contributed by atoms with Crippen molar-refractivity contribution < 1.29 is 14.3 Å². The molecule has 0 aromatic heterocycles. The van der Waals surface area contributed by atoms with Crippen molar-refractivity contribution in [3.05, 3.63) is 60.2 Å². The second-order valence-electron chi connectivity index (χ2n) is 6.29. The van der Waals surface area contributed by atoms with E-state index < -0.39 is 0 Å². The van der Waals surface area contributed by atoms with Crippen molar-refractivity contribution in [2.45, 2.75) is 25.4 Å². The molecule has 0 unspecified atom stereocenters. The number of ether oxygens (including phenoxy) is 2. The van der Waals surface area contributed by atoms with Crippen LogP contribution in [-0.4, -0.2) is 37.1 Å². The first-order valence-electron chi connectivity index (χ1n) is 8.30. The number of nitrogens with zero attached hydrogens (tertiary/aromatic N) is 1. The summed E-state index contributed by atoms with van der Waals surface area (Å²) in [5.74, 6) is 1.38. The second kappa shape index (κ2) is 7.49. The number of piperidine rings is 1. The van der Waals surface area contributed by atoms with Gasteiger partial charge in [0.1, 0.15) is 17.6 Å². The monoisotopic (exact) mass is 325 g/mol. The van der Waals surface area contributed by atoms with Gasteiger partial charge in [-0.1, -0.05) is 30.3 Å². The zero-order valence-corrected chi connectivity index (χ0v) is 14.1. The summed E-state index contributed by atoms with van der Waals surface area (Å²) in [6.07, 6.45) is 1.13. The Hall–Kier alpha value is -2.33. The fourth-order valence-corrected chi connectivity index (χ4v) is 3.18. The smallest absolute Gasteiger partial charge is 0.308 e. The molecule has 4 nitrogen and oxygen atoms in total. The first kappa shape index (κ1) is 16.5. The minimum absolute atomic E-state index is 0.142. The summed E-state index contributed by atoms with van der Waals surface area (Å²) < 4.78 is 11.3. The Morgan fingerprint density at radius 2 is 1.71 bits per heavy atom. The van der Waals surface area contributed by atoms with Crippen LogP contribution in [0.1, 0.15) is 24.8 Å². The van der Waals surface area contributed by atoms with Crippen LogP contribution in [0, 0.1) is 0 Å². The van der Waals surface area contributed by atoms with Gasteiger partial charge in [0, 0.05) is 25.9 Å². The van der Waals surface area contributed by atoms with Gasteiger partial charge in [0.15, 0.2) is 0 Å². The largest absolute Gasteiger partial charge is 0.490 e. The molecule has 4 heteroatoms. The van der Waals surface area contributed by atoms with E-state index in [0.717, 1.165) is 25.3 Å². The highest BCUT2D eigenvalue weighted by Gasteiger charge is 2.30. The van der Waals surface area contributed by atoms with Gasteiger partial charge in [-0.15, -0.1) is 0 Å². The molecular weight excluding hydrogens is 302 g/mol. The number of hydrogen-bond donors (Lipinski definition) is 0. The Bertz CT molecular complexity index is 669. The maximum atomic E-state index is 11.0. The minimum Gasteiger partial charge on any atom is -0.490 e. The molecule has 0 radical (unpaired) electrons. The Morgan fingerprint density at radius 3 is 2.38 bits per heavy atom. The van der Waals surface area contributed by atoms with E-state index in [1.165, 1.54) is 12.5 Å². The molecular formula is C20H23NO3. The number of benzene rings is 2. The fraction of sp³-hybridized carbons (Fsp3) is 0.350. The van der Waals surface area contributed by atoms with Gasteiger partial charge in [-0.3, -0.25) is 4.79 Å². The summed E-state index contributed by atoms with van der Waals surface area (Å²) in [6, 6.07) is 17.8. The van der Waals surface area contributed by atoms with E-state index in [1.54, 1.807) is 12.1 Å².